The second kappa shape index (κ2) is 8.01. The van der Waals surface area contributed by atoms with Crippen molar-refractivity contribution in [3.05, 3.63) is 55.1 Å². The summed E-state index contributed by atoms with van der Waals surface area (Å²) in [5.74, 6) is 0.846. The molecule has 2 atom stereocenters. The summed E-state index contributed by atoms with van der Waals surface area (Å²) >= 11 is 0. The second-order valence-electron chi connectivity index (χ2n) is 5.33. The van der Waals surface area contributed by atoms with Crippen LogP contribution in [0.15, 0.2) is 49.6 Å². The summed E-state index contributed by atoms with van der Waals surface area (Å²) in [6, 6.07) is 8.21. The SMILES string of the molecule is C=CCN(CC=C)C(C)C(N)(CC)c1ccc(OC)cc1. The first-order valence-corrected chi connectivity index (χ1v) is 7.42. The van der Waals surface area contributed by atoms with Gasteiger partial charge in [0, 0.05) is 19.1 Å². The van der Waals surface area contributed by atoms with E-state index < -0.39 is 5.54 Å². The number of nitrogens with two attached hydrogens (primary N) is 1. The summed E-state index contributed by atoms with van der Waals surface area (Å²) in [6.07, 6.45) is 4.67. The van der Waals surface area contributed by atoms with Gasteiger partial charge >= 0.3 is 0 Å². The first kappa shape index (κ1) is 17.5. The van der Waals surface area contributed by atoms with Crippen molar-refractivity contribution in [1.29, 1.82) is 0 Å². The molecular formula is C18H28N2O. The van der Waals surface area contributed by atoms with Crippen molar-refractivity contribution in [2.24, 2.45) is 5.73 Å². The van der Waals surface area contributed by atoms with Gasteiger partial charge in [-0.15, -0.1) is 13.2 Å². The number of methoxy groups -OCH3 is 1. The topological polar surface area (TPSA) is 38.5 Å². The molecule has 2 N–H and O–H groups in total. The zero-order chi connectivity index (χ0) is 15.9. The molecule has 0 heterocycles. The fourth-order valence-electron chi connectivity index (χ4n) is 2.69. The van der Waals surface area contributed by atoms with Crippen molar-refractivity contribution < 1.29 is 4.74 Å². The van der Waals surface area contributed by atoms with E-state index in [-0.39, 0.29) is 6.04 Å². The van der Waals surface area contributed by atoms with Crippen LogP contribution in [0.4, 0.5) is 0 Å². The van der Waals surface area contributed by atoms with Crippen molar-refractivity contribution in [2.75, 3.05) is 20.2 Å². The highest BCUT2D eigenvalue weighted by molar-refractivity contribution is 5.33. The maximum absolute atomic E-state index is 6.76. The average molecular weight is 288 g/mol. The van der Waals surface area contributed by atoms with Gasteiger partial charge in [0.05, 0.1) is 12.6 Å². The largest absolute Gasteiger partial charge is 0.497 e. The van der Waals surface area contributed by atoms with Gasteiger partial charge in [-0.1, -0.05) is 31.2 Å². The van der Waals surface area contributed by atoms with Gasteiger partial charge in [-0.3, -0.25) is 4.90 Å². The van der Waals surface area contributed by atoms with Gasteiger partial charge in [0.1, 0.15) is 5.75 Å². The van der Waals surface area contributed by atoms with E-state index in [2.05, 4.69) is 44.0 Å². The van der Waals surface area contributed by atoms with E-state index in [1.54, 1.807) is 7.11 Å². The Labute approximate surface area is 129 Å². The summed E-state index contributed by atoms with van der Waals surface area (Å²) < 4.78 is 5.22. The van der Waals surface area contributed by atoms with Gasteiger partial charge in [0.25, 0.3) is 0 Å². The number of ether oxygens (including phenoxy) is 1. The highest BCUT2D eigenvalue weighted by Gasteiger charge is 2.35. The minimum atomic E-state index is -0.418. The second-order valence-corrected chi connectivity index (χ2v) is 5.33. The number of rotatable bonds is 9. The molecule has 0 spiro atoms. The molecule has 0 saturated heterocycles. The highest BCUT2D eigenvalue weighted by atomic mass is 16.5. The Hall–Kier alpha value is -1.58. The molecular weight excluding hydrogens is 260 g/mol. The predicted octanol–water partition coefficient (Wildman–Crippen LogP) is 3.32. The Morgan fingerprint density at radius 2 is 1.76 bits per heavy atom. The molecule has 1 aromatic carbocycles. The van der Waals surface area contributed by atoms with Gasteiger partial charge in [-0.05, 0) is 31.0 Å². The molecule has 1 aromatic rings. The Bertz CT molecular complexity index is 445. The van der Waals surface area contributed by atoms with Crippen LogP contribution in [0.5, 0.6) is 5.75 Å². The van der Waals surface area contributed by atoms with Crippen LogP contribution < -0.4 is 10.5 Å². The normalized spacial score (nSPS) is 15.3. The van der Waals surface area contributed by atoms with E-state index in [0.717, 1.165) is 30.8 Å². The highest BCUT2D eigenvalue weighted by Crippen LogP contribution is 2.30. The molecule has 3 nitrogen and oxygen atoms in total. The third kappa shape index (κ3) is 3.96. The van der Waals surface area contributed by atoms with Crippen molar-refractivity contribution in [3.8, 4) is 5.75 Å². The van der Waals surface area contributed by atoms with Crippen LogP contribution in [0.25, 0.3) is 0 Å². The van der Waals surface area contributed by atoms with Crippen LogP contribution in [-0.2, 0) is 5.54 Å². The lowest BCUT2D eigenvalue weighted by Gasteiger charge is -2.41. The third-order valence-corrected chi connectivity index (χ3v) is 4.23. The third-order valence-electron chi connectivity index (χ3n) is 4.23. The van der Waals surface area contributed by atoms with Gasteiger partial charge in [-0.25, -0.2) is 0 Å². The molecule has 0 bridgehead atoms. The van der Waals surface area contributed by atoms with Crippen LogP contribution in [0.3, 0.4) is 0 Å². The molecule has 1 rings (SSSR count). The smallest absolute Gasteiger partial charge is 0.118 e. The zero-order valence-electron chi connectivity index (χ0n) is 13.5. The lowest BCUT2D eigenvalue weighted by Crippen LogP contribution is -2.54. The predicted molar refractivity (Wildman–Crippen MR) is 90.6 cm³/mol. The molecule has 0 aliphatic carbocycles. The molecule has 0 fully saturated rings. The van der Waals surface area contributed by atoms with Crippen molar-refractivity contribution >= 4 is 0 Å². The van der Waals surface area contributed by atoms with Gasteiger partial charge in [-0.2, -0.15) is 0 Å². The Morgan fingerprint density at radius 3 is 2.14 bits per heavy atom. The molecule has 0 saturated carbocycles. The van der Waals surface area contributed by atoms with Crippen molar-refractivity contribution in [1.82, 2.24) is 4.90 Å². The van der Waals surface area contributed by atoms with Gasteiger partial charge in [0.15, 0.2) is 0 Å². The molecule has 0 aliphatic rings. The monoisotopic (exact) mass is 288 g/mol. The van der Waals surface area contributed by atoms with Crippen molar-refractivity contribution in [3.63, 3.8) is 0 Å². The molecule has 21 heavy (non-hydrogen) atoms. The van der Waals surface area contributed by atoms with E-state index >= 15 is 0 Å². The minimum Gasteiger partial charge on any atom is -0.497 e. The first-order valence-electron chi connectivity index (χ1n) is 7.42. The maximum atomic E-state index is 6.76. The number of nitrogens with zero attached hydrogens (tertiary/aromatic N) is 1. The molecule has 2 unspecified atom stereocenters. The van der Waals surface area contributed by atoms with Crippen LogP contribution in [0.1, 0.15) is 25.8 Å². The quantitative estimate of drug-likeness (QED) is 0.708. The van der Waals surface area contributed by atoms with Crippen LogP contribution >= 0.6 is 0 Å². The summed E-state index contributed by atoms with van der Waals surface area (Å²) in [6.45, 7) is 13.6. The number of benzene rings is 1. The lowest BCUT2D eigenvalue weighted by molar-refractivity contribution is 0.154. The molecule has 0 aromatic heterocycles. The summed E-state index contributed by atoms with van der Waals surface area (Å²) in [7, 11) is 1.67. The first-order chi connectivity index (χ1) is 10.0. The Balaban J connectivity index is 3.09. The van der Waals surface area contributed by atoms with E-state index in [4.69, 9.17) is 10.5 Å². The van der Waals surface area contributed by atoms with Gasteiger partial charge in [0.2, 0.25) is 0 Å². The summed E-state index contributed by atoms with van der Waals surface area (Å²) in [5.41, 5.74) is 7.47. The van der Waals surface area contributed by atoms with Crippen LogP contribution in [-0.4, -0.2) is 31.1 Å². The fourth-order valence-corrected chi connectivity index (χ4v) is 2.69. The Morgan fingerprint density at radius 1 is 1.24 bits per heavy atom. The van der Waals surface area contributed by atoms with E-state index in [1.807, 2.05) is 24.3 Å². The van der Waals surface area contributed by atoms with Crippen LogP contribution in [0, 0.1) is 0 Å². The van der Waals surface area contributed by atoms with Crippen LogP contribution in [0.2, 0.25) is 0 Å². The average Bonchev–Trinajstić information content (AvgIpc) is 2.53. The Kier molecular flexibility index (Phi) is 6.66. The molecule has 3 heteroatoms. The molecule has 0 aliphatic heterocycles. The zero-order valence-corrected chi connectivity index (χ0v) is 13.5. The van der Waals surface area contributed by atoms with E-state index in [9.17, 15) is 0 Å². The minimum absolute atomic E-state index is 0.173. The number of hydrogen-bond donors (Lipinski definition) is 1. The van der Waals surface area contributed by atoms with E-state index in [0.29, 0.717) is 0 Å². The molecule has 0 amide bonds. The van der Waals surface area contributed by atoms with E-state index in [1.165, 1.54) is 0 Å². The molecule has 0 radical (unpaired) electrons. The maximum Gasteiger partial charge on any atom is 0.118 e. The standard InChI is InChI=1S/C18H28N2O/c1-6-13-20(14-7-2)15(4)18(19,8-3)16-9-11-17(21-5)12-10-16/h6-7,9-12,15H,1-2,8,13-14,19H2,3-5H3. The van der Waals surface area contributed by atoms with Crippen molar-refractivity contribution in [2.45, 2.75) is 31.8 Å². The van der Waals surface area contributed by atoms with Gasteiger partial charge < -0.3 is 10.5 Å². The summed E-state index contributed by atoms with van der Waals surface area (Å²) in [5, 5.41) is 0. The number of hydrogen-bond acceptors (Lipinski definition) is 3. The summed E-state index contributed by atoms with van der Waals surface area (Å²) in [4.78, 5) is 2.29. The fraction of sp³-hybridized carbons (Fsp3) is 0.444. The molecule has 116 valence electrons. The lowest BCUT2D eigenvalue weighted by atomic mass is 9.81.